The first-order valence-corrected chi connectivity index (χ1v) is 10.4. The molecule has 0 aliphatic heterocycles. The maximum absolute atomic E-state index is 12.6. The summed E-state index contributed by atoms with van der Waals surface area (Å²) in [6.07, 6.45) is 0. The van der Waals surface area contributed by atoms with Gasteiger partial charge >= 0.3 is 5.97 Å². The molecule has 0 aliphatic rings. The minimum atomic E-state index is -0.382. The number of hydrogen-bond donors (Lipinski definition) is 1. The van der Waals surface area contributed by atoms with Gasteiger partial charge < -0.3 is 14.1 Å². The first-order chi connectivity index (χ1) is 15.5. The van der Waals surface area contributed by atoms with E-state index in [1.165, 1.54) is 7.11 Å². The lowest BCUT2D eigenvalue weighted by molar-refractivity contribution is -0.170. The number of nitrogens with zero attached hydrogens (tertiary/aromatic N) is 1. The van der Waals surface area contributed by atoms with Crippen molar-refractivity contribution < 1.29 is 19.4 Å². The minimum Gasteiger partial charge on any atom is -0.465 e. The molecular weight excluding hydrogens is 400 g/mol. The van der Waals surface area contributed by atoms with E-state index < -0.39 is 0 Å². The van der Waals surface area contributed by atoms with Crippen LogP contribution in [0.3, 0.4) is 0 Å². The van der Waals surface area contributed by atoms with E-state index in [2.05, 4.69) is 0 Å². The van der Waals surface area contributed by atoms with Crippen LogP contribution in [0.15, 0.2) is 77.2 Å². The van der Waals surface area contributed by atoms with Crippen molar-refractivity contribution in [2.24, 2.45) is 0 Å². The quantitative estimate of drug-likeness (QED) is 0.271. The second-order valence-corrected chi connectivity index (χ2v) is 7.98. The molecule has 5 rings (SSSR count). The Morgan fingerprint density at radius 2 is 1.72 bits per heavy atom. The zero-order valence-corrected chi connectivity index (χ0v) is 18.2. The lowest BCUT2D eigenvalue weighted by Gasteiger charge is -2.17. The van der Waals surface area contributed by atoms with Crippen molar-refractivity contribution >= 4 is 44.4 Å². The zero-order valence-electron chi connectivity index (χ0n) is 18.2. The summed E-state index contributed by atoms with van der Waals surface area (Å²) in [5.41, 5.74) is 4.63. The lowest BCUT2D eigenvalue weighted by Crippen LogP contribution is -2.44. The van der Waals surface area contributed by atoms with Crippen LogP contribution in [0.1, 0.15) is 10.4 Å². The van der Waals surface area contributed by atoms with Gasteiger partial charge in [0.2, 0.25) is 5.36 Å². The summed E-state index contributed by atoms with van der Waals surface area (Å²) in [6.45, 7) is 0. The highest BCUT2D eigenvalue weighted by atomic mass is 16.5. The molecule has 158 valence electrons. The molecule has 0 spiro atoms. The van der Waals surface area contributed by atoms with Gasteiger partial charge in [-0.25, -0.2) is 4.79 Å². The van der Waals surface area contributed by atoms with Gasteiger partial charge in [-0.3, -0.25) is 5.41 Å². The maximum atomic E-state index is 12.6. The van der Waals surface area contributed by atoms with Gasteiger partial charge in [-0.1, -0.05) is 36.4 Å². The Labute approximate surface area is 185 Å². The fraction of sp³-hybridized carbons (Fsp3) is 0.111. The summed E-state index contributed by atoms with van der Waals surface area (Å²) in [7, 11) is 5.37. The predicted octanol–water partition coefficient (Wildman–Crippen LogP) is 3.92. The van der Waals surface area contributed by atoms with E-state index in [4.69, 9.17) is 14.6 Å². The molecule has 5 aromatic rings. The molecule has 4 aromatic carbocycles. The summed E-state index contributed by atoms with van der Waals surface area (Å²) in [4.78, 5) is 14.6. The van der Waals surface area contributed by atoms with E-state index in [9.17, 15) is 4.79 Å². The van der Waals surface area contributed by atoms with E-state index in [1.807, 2.05) is 85.7 Å². The summed E-state index contributed by atoms with van der Waals surface area (Å²) in [5, 5.41) is 10.7. The number of esters is 1. The third-order valence-electron chi connectivity index (χ3n) is 5.86. The highest BCUT2D eigenvalue weighted by Crippen LogP contribution is 2.40. The first-order valence-electron chi connectivity index (χ1n) is 10.4. The molecule has 0 bridgehead atoms. The molecule has 0 fully saturated rings. The Hall–Kier alpha value is -4.12. The summed E-state index contributed by atoms with van der Waals surface area (Å²) in [5.74, 6) is -0.382. The molecule has 0 atom stereocenters. The van der Waals surface area contributed by atoms with Crippen molar-refractivity contribution in [2.75, 3.05) is 26.1 Å². The maximum Gasteiger partial charge on any atom is 0.338 e. The van der Waals surface area contributed by atoms with Crippen LogP contribution in [0.25, 0.3) is 43.8 Å². The predicted molar refractivity (Wildman–Crippen MR) is 127 cm³/mol. The molecule has 5 nitrogen and oxygen atoms in total. The molecule has 0 saturated heterocycles. The van der Waals surface area contributed by atoms with E-state index in [1.54, 1.807) is 6.07 Å². The molecule has 0 saturated carbocycles. The van der Waals surface area contributed by atoms with Crippen LogP contribution in [-0.2, 0) is 4.74 Å². The number of carbonyl (C=O) groups is 1. The average molecular weight is 423 g/mol. The fourth-order valence-corrected chi connectivity index (χ4v) is 4.29. The van der Waals surface area contributed by atoms with Crippen LogP contribution in [0.2, 0.25) is 0 Å². The molecular formula is C27H23N2O3+. The molecule has 0 amide bonds. The SMILES string of the molecule is COC(=O)c1ccccc1-c1c2ccc(N(C)C)cc2oc2c1ccc1cccc(=[NH2+])c12. The van der Waals surface area contributed by atoms with E-state index >= 15 is 0 Å². The lowest BCUT2D eigenvalue weighted by atomic mass is 9.92. The Kier molecular flexibility index (Phi) is 4.67. The van der Waals surface area contributed by atoms with Gasteiger partial charge in [0, 0.05) is 48.3 Å². The minimum absolute atomic E-state index is 0.382. The van der Waals surface area contributed by atoms with Crippen LogP contribution < -0.4 is 15.7 Å². The highest BCUT2D eigenvalue weighted by molar-refractivity contribution is 6.17. The first kappa shape index (κ1) is 19.8. The summed E-state index contributed by atoms with van der Waals surface area (Å²) >= 11 is 0. The molecule has 0 unspecified atom stereocenters. The van der Waals surface area contributed by atoms with E-state index in [0.717, 1.165) is 38.4 Å². The smallest absolute Gasteiger partial charge is 0.338 e. The van der Waals surface area contributed by atoms with Gasteiger partial charge in [0.05, 0.1) is 18.1 Å². The van der Waals surface area contributed by atoms with Crippen molar-refractivity contribution in [3.63, 3.8) is 0 Å². The van der Waals surface area contributed by atoms with Crippen LogP contribution in [0, 0.1) is 0 Å². The topological polar surface area (TPSA) is 68.3 Å². The molecule has 32 heavy (non-hydrogen) atoms. The fourth-order valence-electron chi connectivity index (χ4n) is 4.29. The Bertz CT molecular complexity index is 1580. The van der Waals surface area contributed by atoms with Crippen molar-refractivity contribution in [1.29, 1.82) is 0 Å². The van der Waals surface area contributed by atoms with E-state index in [-0.39, 0.29) is 5.97 Å². The largest absolute Gasteiger partial charge is 0.465 e. The van der Waals surface area contributed by atoms with Crippen LogP contribution in [0.4, 0.5) is 5.69 Å². The normalized spacial score (nSPS) is 11.2. The van der Waals surface area contributed by atoms with Gasteiger partial charge in [-0.05, 0) is 35.2 Å². The van der Waals surface area contributed by atoms with Crippen LogP contribution in [-0.4, -0.2) is 27.2 Å². The third-order valence-corrected chi connectivity index (χ3v) is 5.86. The molecule has 0 radical (unpaired) electrons. The number of hydrogen-bond acceptors (Lipinski definition) is 4. The molecule has 0 aliphatic carbocycles. The summed E-state index contributed by atoms with van der Waals surface area (Å²) in [6, 6.07) is 23.5. The zero-order chi connectivity index (χ0) is 22.4. The van der Waals surface area contributed by atoms with Crippen LogP contribution >= 0.6 is 0 Å². The van der Waals surface area contributed by atoms with Gasteiger partial charge in [0.1, 0.15) is 11.2 Å². The number of benzene rings is 4. The van der Waals surface area contributed by atoms with Gasteiger partial charge in [-0.15, -0.1) is 0 Å². The standard InChI is InChI=1S/C27H22N2O3/c1-29(2)17-12-14-20-23(15-17)32-26-21(13-11-16-7-6-10-22(28)24(16)26)25(20)18-8-4-5-9-19(18)27(30)31-3/h4-15,28H,1-3H3/p+1. The number of carbonyl (C=O) groups excluding carboxylic acids is 1. The number of rotatable bonds is 3. The molecule has 1 heterocycles. The van der Waals surface area contributed by atoms with Gasteiger partial charge in [0.15, 0.2) is 0 Å². The average Bonchev–Trinajstić information content (AvgIpc) is 2.81. The Morgan fingerprint density at radius 1 is 0.938 bits per heavy atom. The Balaban J connectivity index is 2.02. The van der Waals surface area contributed by atoms with Crippen molar-refractivity contribution in [2.45, 2.75) is 0 Å². The number of methoxy groups -OCH3 is 1. The van der Waals surface area contributed by atoms with Gasteiger partial charge in [-0.2, -0.15) is 0 Å². The van der Waals surface area contributed by atoms with Gasteiger partial charge in [0.25, 0.3) is 0 Å². The van der Waals surface area contributed by atoms with Crippen molar-refractivity contribution in [1.82, 2.24) is 0 Å². The number of ether oxygens (including phenoxy) is 1. The Morgan fingerprint density at radius 3 is 2.50 bits per heavy atom. The summed E-state index contributed by atoms with van der Waals surface area (Å²) < 4.78 is 11.6. The van der Waals surface area contributed by atoms with Crippen LogP contribution in [0.5, 0.6) is 0 Å². The molecule has 5 heteroatoms. The number of fused-ring (bicyclic) bond motifs is 4. The highest BCUT2D eigenvalue weighted by Gasteiger charge is 2.20. The molecule has 1 aromatic heterocycles. The third kappa shape index (κ3) is 3.02. The van der Waals surface area contributed by atoms with E-state index in [0.29, 0.717) is 22.1 Å². The second kappa shape index (κ2) is 7.54. The van der Waals surface area contributed by atoms with Crippen molar-refractivity contribution in [3.8, 4) is 11.1 Å². The monoisotopic (exact) mass is 423 g/mol. The number of anilines is 1. The molecule has 2 N–H and O–H groups in total. The number of nitrogens with two attached hydrogens (primary N) is 1. The second-order valence-electron chi connectivity index (χ2n) is 7.98. The van der Waals surface area contributed by atoms with Crippen molar-refractivity contribution in [3.05, 3.63) is 83.7 Å².